The predicted molar refractivity (Wildman–Crippen MR) is 142 cm³/mol. The molecule has 4 rings (SSSR count). The molecular weight excluding hydrogens is 468 g/mol. The minimum Gasteiger partial charge on any atom is -0.497 e. The van der Waals surface area contributed by atoms with Crippen LogP contribution in [-0.4, -0.2) is 36.2 Å². The van der Waals surface area contributed by atoms with Gasteiger partial charge in [0.1, 0.15) is 23.0 Å². The van der Waals surface area contributed by atoms with Crippen molar-refractivity contribution in [2.24, 2.45) is 0 Å². The molecule has 0 saturated carbocycles. The lowest BCUT2D eigenvalue weighted by molar-refractivity contribution is 0.138. The number of ether oxygens (including phenoxy) is 3. The molecule has 0 aliphatic rings. The average Bonchev–Trinajstić information content (AvgIpc) is 3.30. The Balaban J connectivity index is 1.31. The van der Waals surface area contributed by atoms with Crippen LogP contribution in [0, 0.1) is 6.92 Å². The van der Waals surface area contributed by atoms with Gasteiger partial charge < -0.3 is 23.5 Å². The maximum atomic E-state index is 12.8. The van der Waals surface area contributed by atoms with Crippen molar-refractivity contribution < 1.29 is 23.4 Å². The van der Waals surface area contributed by atoms with Crippen LogP contribution in [0.2, 0.25) is 0 Å². The summed E-state index contributed by atoms with van der Waals surface area (Å²) in [5, 5.41) is 0. The molecule has 0 saturated heterocycles. The standard InChI is InChI=1S/C30H32N2O5/c1-5-32(30(33)37-27-17-15-25(34-4)16-18-27)21(2)23-11-13-26(14-12-23)35-20-19-28-22(3)36-29(31-28)24-9-7-6-8-10-24/h6-18,21H,5,19-20H2,1-4H3/t21-/m1/s1. The summed E-state index contributed by atoms with van der Waals surface area (Å²) in [7, 11) is 1.59. The van der Waals surface area contributed by atoms with Crippen molar-refractivity contribution in [1.82, 2.24) is 9.88 Å². The number of methoxy groups -OCH3 is 1. The number of hydrogen-bond donors (Lipinski definition) is 0. The average molecular weight is 501 g/mol. The Hall–Kier alpha value is -4.26. The third kappa shape index (κ3) is 6.50. The van der Waals surface area contributed by atoms with Gasteiger partial charge >= 0.3 is 6.09 Å². The summed E-state index contributed by atoms with van der Waals surface area (Å²) in [5.74, 6) is 3.35. The Labute approximate surface area is 217 Å². The highest BCUT2D eigenvalue weighted by Crippen LogP contribution is 2.26. The molecule has 3 aromatic carbocycles. The van der Waals surface area contributed by atoms with E-state index in [-0.39, 0.29) is 6.04 Å². The van der Waals surface area contributed by atoms with Crippen molar-refractivity contribution >= 4 is 6.09 Å². The van der Waals surface area contributed by atoms with Gasteiger partial charge in [-0.05, 0) is 74.9 Å². The number of carbonyl (C=O) groups excluding carboxylic acids is 1. The zero-order valence-corrected chi connectivity index (χ0v) is 21.6. The van der Waals surface area contributed by atoms with Crippen LogP contribution in [0.25, 0.3) is 11.5 Å². The molecule has 0 aliphatic heterocycles. The second kappa shape index (κ2) is 12.1. The van der Waals surface area contributed by atoms with Gasteiger partial charge in [-0.3, -0.25) is 0 Å². The van der Waals surface area contributed by atoms with Crippen molar-refractivity contribution in [3.8, 4) is 28.7 Å². The van der Waals surface area contributed by atoms with Crippen LogP contribution in [0.1, 0.15) is 36.9 Å². The highest BCUT2D eigenvalue weighted by Gasteiger charge is 2.22. The largest absolute Gasteiger partial charge is 0.497 e. The van der Waals surface area contributed by atoms with Gasteiger partial charge in [-0.2, -0.15) is 0 Å². The molecule has 1 aromatic heterocycles. The number of aryl methyl sites for hydroxylation is 1. The zero-order chi connectivity index (χ0) is 26.2. The maximum absolute atomic E-state index is 12.8. The Morgan fingerprint density at radius 1 is 0.946 bits per heavy atom. The number of rotatable bonds is 10. The molecule has 7 heteroatoms. The van der Waals surface area contributed by atoms with Crippen LogP contribution >= 0.6 is 0 Å². The van der Waals surface area contributed by atoms with Crippen molar-refractivity contribution in [2.45, 2.75) is 33.2 Å². The molecule has 4 aromatic rings. The van der Waals surface area contributed by atoms with Crippen LogP contribution in [0.3, 0.4) is 0 Å². The summed E-state index contributed by atoms with van der Waals surface area (Å²) in [4.78, 5) is 19.1. The van der Waals surface area contributed by atoms with E-state index in [1.165, 1.54) is 0 Å². The van der Waals surface area contributed by atoms with Gasteiger partial charge in [-0.15, -0.1) is 0 Å². The van der Waals surface area contributed by atoms with E-state index in [2.05, 4.69) is 4.98 Å². The van der Waals surface area contributed by atoms with E-state index in [0.717, 1.165) is 28.3 Å². The number of nitrogens with zero attached hydrogens (tertiary/aromatic N) is 2. The van der Waals surface area contributed by atoms with Gasteiger partial charge in [0.25, 0.3) is 0 Å². The molecule has 37 heavy (non-hydrogen) atoms. The van der Waals surface area contributed by atoms with E-state index in [9.17, 15) is 4.79 Å². The number of carbonyl (C=O) groups is 1. The lowest BCUT2D eigenvalue weighted by Crippen LogP contribution is -2.35. The van der Waals surface area contributed by atoms with Crippen molar-refractivity contribution in [3.05, 3.63) is 95.9 Å². The summed E-state index contributed by atoms with van der Waals surface area (Å²) < 4.78 is 22.5. The molecule has 0 fully saturated rings. The summed E-state index contributed by atoms with van der Waals surface area (Å²) >= 11 is 0. The fourth-order valence-electron chi connectivity index (χ4n) is 4.02. The van der Waals surface area contributed by atoms with E-state index < -0.39 is 6.09 Å². The normalized spacial score (nSPS) is 11.6. The van der Waals surface area contributed by atoms with E-state index in [0.29, 0.717) is 37.0 Å². The number of benzene rings is 3. The third-order valence-electron chi connectivity index (χ3n) is 6.19. The topological polar surface area (TPSA) is 74.0 Å². The monoisotopic (exact) mass is 500 g/mol. The number of amides is 1. The Morgan fingerprint density at radius 2 is 1.59 bits per heavy atom. The van der Waals surface area contributed by atoms with Gasteiger partial charge in [-0.1, -0.05) is 30.3 Å². The first-order chi connectivity index (χ1) is 18.0. The molecule has 1 atom stereocenters. The summed E-state index contributed by atoms with van der Waals surface area (Å²) in [6.07, 6.45) is 0.236. The Bertz CT molecular complexity index is 1280. The molecule has 0 spiro atoms. The highest BCUT2D eigenvalue weighted by molar-refractivity contribution is 5.71. The summed E-state index contributed by atoms with van der Waals surface area (Å²) in [6.45, 7) is 6.82. The predicted octanol–water partition coefficient (Wildman–Crippen LogP) is 6.86. The lowest BCUT2D eigenvalue weighted by Gasteiger charge is -2.27. The van der Waals surface area contributed by atoms with Gasteiger partial charge in [0.15, 0.2) is 0 Å². The van der Waals surface area contributed by atoms with Crippen LogP contribution in [0.15, 0.2) is 83.3 Å². The van der Waals surface area contributed by atoms with E-state index in [1.807, 2.05) is 75.4 Å². The first-order valence-electron chi connectivity index (χ1n) is 12.4. The lowest BCUT2D eigenvalue weighted by atomic mass is 10.1. The number of hydrogen-bond acceptors (Lipinski definition) is 6. The Kier molecular flexibility index (Phi) is 8.46. The van der Waals surface area contributed by atoms with Crippen molar-refractivity contribution in [2.75, 3.05) is 20.3 Å². The number of oxazole rings is 1. The second-order valence-electron chi connectivity index (χ2n) is 8.56. The molecule has 0 unspecified atom stereocenters. The summed E-state index contributed by atoms with van der Waals surface area (Å²) in [5.41, 5.74) is 2.83. The minimum atomic E-state index is -0.404. The van der Waals surface area contributed by atoms with E-state index >= 15 is 0 Å². The molecule has 0 aliphatic carbocycles. The minimum absolute atomic E-state index is 0.168. The van der Waals surface area contributed by atoms with E-state index in [4.69, 9.17) is 18.6 Å². The third-order valence-corrected chi connectivity index (χ3v) is 6.19. The molecule has 1 amide bonds. The molecule has 7 nitrogen and oxygen atoms in total. The van der Waals surface area contributed by atoms with Crippen molar-refractivity contribution in [1.29, 1.82) is 0 Å². The fraction of sp³-hybridized carbons (Fsp3) is 0.267. The molecule has 0 radical (unpaired) electrons. The zero-order valence-electron chi connectivity index (χ0n) is 21.6. The second-order valence-corrected chi connectivity index (χ2v) is 8.56. The van der Waals surface area contributed by atoms with Gasteiger partial charge in [0, 0.05) is 18.5 Å². The summed E-state index contributed by atoms with van der Waals surface area (Å²) in [6, 6.07) is 24.4. The molecular formula is C30H32N2O5. The van der Waals surface area contributed by atoms with Crippen molar-refractivity contribution in [3.63, 3.8) is 0 Å². The quantitative estimate of drug-likeness (QED) is 0.237. The van der Waals surface area contributed by atoms with Gasteiger partial charge in [0.05, 0.1) is 25.5 Å². The van der Waals surface area contributed by atoms with Gasteiger partial charge in [0.2, 0.25) is 5.89 Å². The maximum Gasteiger partial charge on any atom is 0.415 e. The molecule has 0 bridgehead atoms. The van der Waals surface area contributed by atoms with Crippen LogP contribution in [0.4, 0.5) is 4.79 Å². The van der Waals surface area contributed by atoms with Crippen LogP contribution in [0.5, 0.6) is 17.2 Å². The Morgan fingerprint density at radius 3 is 2.24 bits per heavy atom. The fourth-order valence-corrected chi connectivity index (χ4v) is 4.02. The smallest absolute Gasteiger partial charge is 0.415 e. The van der Waals surface area contributed by atoms with Crippen LogP contribution in [-0.2, 0) is 6.42 Å². The van der Waals surface area contributed by atoms with Crippen LogP contribution < -0.4 is 14.2 Å². The van der Waals surface area contributed by atoms with E-state index in [1.54, 1.807) is 36.3 Å². The molecule has 192 valence electrons. The first-order valence-corrected chi connectivity index (χ1v) is 12.4. The molecule has 1 heterocycles. The number of aromatic nitrogens is 1. The first kappa shape index (κ1) is 25.8. The van der Waals surface area contributed by atoms with Gasteiger partial charge in [-0.25, -0.2) is 9.78 Å². The highest BCUT2D eigenvalue weighted by atomic mass is 16.6. The SMILES string of the molecule is CCN(C(=O)Oc1ccc(OC)cc1)[C@H](C)c1ccc(OCCc2nc(-c3ccccc3)oc2C)cc1. The molecule has 0 N–H and O–H groups in total.